The Morgan fingerprint density at radius 3 is 2.58 bits per heavy atom. The molecule has 1 heterocycles. The number of rotatable bonds is 6. The smallest absolute Gasteiger partial charge is 0.194 e. The van der Waals surface area contributed by atoms with Crippen LogP contribution in [0.2, 0.25) is 0 Å². The van der Waals surface area contributed by atoms with Gasteiger partial charge in [-0.2, -0.15) is 11.8 Å². The zero-order valence-electron chi connectivity index (χ0n) is 14.8. The summed E-state index contributed by atoms with van der Waals surface area (Å²) in [5, 5.41) is 3.41. The predicted molar refractivity (Wildman–Crippen MR) is 117 cm³/mol. The monoisotopic (exact) mass is 464 g/mol. The summed E-state index contributed by atoms with van der Waals surface area (Å²) in [5.41, 5.74) is 1.18. The topological polar surface area (TPSA) is 40.1 Å². The average Bonchev–Trinajstić information content (AvgIpc) is 2.61. The maximum absolute atomic E-state index is 5.48. The molecule has 2 rings (SSSR count). The van der Waals surface area contributed by atoms with Crippen LogP contribution in [0.5, 0.6) is 5.75 Å². The molecule has 0 aromatic heterocycles. The highest BCUT2D eigenvalue weighted by atomic mass is 127. The van der Waals surface area contributed by atoms with E-state index in [4.69, 9.17) is 9.73 Å². The summed E-state index contributed by atoms with van der Waals surface area (Å²) in [6, 6.07) is 8.24. The second-order valence-corrected chi connectivity index (χ2v) is 6.36. The zero-order chi connectivity index (χ0) is 16.5. The number of guanidine groups is 1. The van der Waals surface area contributed by atoms with E-state index >= 15 is 0 Å². The van der Waals surface area contributed by atoms with Crippen LogP contribution in [0.15, 0.2) is 29.3 Å². The molecule has 0 spiro atoms. The number of aliphatic imine (C=N–C) groups is 1. The van der Waals surface area contributed by atoms with Crippen LogP contribution in [0.25, 0.3) is 0 Å². The molecule has 0 saturated carbocycles. The quantitative estimate of drug-likeness (QED) is 0.304. The number of piperazine rings is 1. The van der Waals surface area contributed by atoms with Crippen molar-refractivity contribution < 1.29 is 4.74 Å². The molecule has 7 heteroatoms. The molecule has 0 unspecified atom stereocenters. The lowest BCUT2D eigenvalue weighted by molar-refractivity contribution is 0.367. The summed E-state index contributed by atoms with van der Waals surface area (Å²) in [5.74, 6) is 3.05. The molecule has 1 aliphatic rings. The molecule has 1 N–H and O–H groups in total. The molecule has 24 heavy (non-hydrogen) atoms. The summed E-state index contributed by atoms with van der Waals surface area (Å²) < 4.78 is 5.48. The Hall–Kier alpha value is -0.830. The summed E-state index contributed by atoms with van der Waals surface area (Å²) in [6.07, 6.45) is 2.12. The molecule has 0 aliphatic carbocycles. The van der Waals surface area contributed by atoms with E-state index in [2.05, 4.69) is 40.4 Å². The Morgan fingerprint density at radius 2 is 1.96 bits per heavy atom. The fraction of sp³-hybridized carbons (Fsp3) is 0.588. The minimum atomic E-state index is 0. The fourth-order valence-corrected chi connectivity index (χ4v) is 2.99. The van der Waals surface area contributed by atoms with Crippen molar-refractivity contribution in [3.8, 4) is 5.75 Å². The van der Waals surface area contributed by atoms with E-state index < -0.39 is 0 Å². The number of para-hydroxylation sites is 2. The van der Waals surface area contributed by atoms with E-state index in [0.717, 1.165) is 56.7 Å². The van der Waals surface area contributed by atoms with Gasteiger partial charge in [0.05, 0.1) is 19.3 Å². The van der Waals surface area contributed by atoms with Crippen molar-refractivity contribution in [3.63, 3.8) is 0 Å². The largest absolute Gasteiger partial charge is 0.495 e. The van der Waals surface area contributed by atoms with Crippen LogP contribution < -0.4 is 15.0 Å². The predicted octanol–water partition coefficient (Wildman–Crippen LogP) is 2.76. The molecule has 136 valence electrons. The lowest BCUT2D eigenvalue weighted by Crippen LogP contribution is -2.52. The average molecular weight is 464 g/mol. The second kappa shape index (κ2) is 11.7. The molecule has 0 amide bonds. The van der Waals surface area contributed by atoms with Crippen LogP contribution in [0.1, 0.15) is 6.92 Å². The van der Waals surface area contributed by atoms with E-state index in [0.29, 0.717) is 0 Å². The molecule has 0 bridgehead atoms. The van der Waals surface area contributed by atoms with E-state index in [1.165, 1.54) is 5.69 Å². The van der Waals surface area contributed by atoms with Crippen LogP contribution in [0.3, 0.4) is 0 Å². The first-order chi connectivity index (χ1) is 11.3. The van der Waals surface area contributed by atoms with Crippen LogP contribution in [0, 0.1) is 0 Å². The molecule has 1 aliphatic heterocycles. The Kier molecular flexibility index (Phi) is 10.3. The van der Waals surface area contributed by atoms with Crippen molar-refractivity contribution >= 4 is 47.4 Å². The minimum absolute atomic E-state index is 0. The Labute approximate surface area is 167 Å². The molecule has 5 nitrogen and oxygen atoms in total. The number of halogens is 1. The third-order valence-electron chi connectivity index (χ3n) is 3.90. The van der Waals surface area contributed by atoms with Crippen LogP contribution in [0.4, 0.5) is 5.69 Å². The number of nitrogens with one attached hydrogen (secondary N) is 1. The lowest BCUT2D eigenvalue weighted by Gasteiger charge is -2.38. The van der Waals surface area contributed by atoms with Crippen molar-refractivity contribution in [1.82, 2.24) is 10.2 Å². The van der Waals surface area contributed by atoms with Gasteiger partial charge in [0.2, 0.25) is 0 Å². The number of methoxy groups -OCH3 is 1. The zero-order valence-corrected chi connectivity index (χ0v) is 18.0. The number of hydrogen-bond donors (Lipinski definition) is 1. The van der Waals surface area contributed by atoms with Crippen molar-refractivity contribution in [1.29, 1.82) is 0 Å². The molecule has 1 saturated heterocycles. The minimum Gasteiger partial charge on any atom is -0.495 e. The first-order valence-corrected chi connectivity index (χ1v) is 9.59. The summed E-state index contributed by atoms with van der Waals surface area (Å²) in [4.78, 5) is 9.47. The molecule has 1 fully saturated rings. The van der Waals surface area contributed by atoms with Gasteiger partial charge >= 0.3 is 0 Å². The van der Waals surface area contributed by atoms with Crippen molar-refractivity contribution in [2.45, 2.75) is 6.92 Å². The third-order valence-corrected chi connectivity index (χ3v) is 4.49. The second-order valence-electron chi connectivity index (χ2n) is 5.37. The highest BCUT2D eigenvalue weighted by Gasteiger charge is 2.21. The van der Waals surface area contributed by atoms with Crippen molar-refractivity contribution in [3.05, 3.63) is 24.3 Å². The third kappa shape index (κ3) is 5.91. The van der Waals surface area contributed by atoms with Gasteiger partial charge in [-0.05, 0) is 25.3 Å². The van der Waals surface area contributed by atoms with Crippen LogP contribution in [-0.4, -0.2) is 69.2 Å². The van der Waals surface area contributed by atoms with Crippen molar-refractivity contribution in [2.24, 2.45) is 4.99 Å². The first-order valence-electron chi connectivity index (χ1n) is 8.20. The molecule has 0 atom stereocenters. The number of ether oxygens (including phenoxy) is 1. The number of nitrogens with zero attached hydrogens (tertiary/aromatic N) is 3. The van der Waals surface area contributed by atoms with Crippen molar-refractivity contribution in [2.75, 3.05) is 63.3 Å². The number of anilines is 1. The fourth-order valence-electron chi connectivity index (χ4n) is 2.72. The van der Waals surface area contributed by atoms with Gasteiger partial charge in [-0.15, -0.1) is 24.0 Å². The Bertz CT molecular complexity index is 507. The number of benzene rings is 1. The lowest BCUT2D eigenvalue weighted by atomic mass is 10.2. The molecular formula is C17H29IN4OS. The molecule has 1 aromatic carbocycles. The summed E-state index contributed by atoms with van der Waals surface area (Å²) in [7, 11) is 1.73. The normalized spacial score (nSPS) is 15.0. The van der Waals surface area contributed by atoms with E-state index in [9.17, 15) is 0 Å². The molecule has 1 aromatic rings. The van der Waals surface area contributed by atoms with E-state index in [1.807, 2.05) is 23.9 Å². The van der Waals surface area contributed by atoms with Gasteiger partial charge in [0.25, 0.3) is 0 Å². The molecule has 0 radical (unpaired) electrons. The van der Waals surface area contributed by atoms with Crippen LogP contribution in [-0.2, 0) is 0 Å². The number of thioether (sulfide) groups is 1. The summed E-state index contributed by atoms with van der Waals surface area (Å²) in [6.45, 7) is 7.81. The van der Waals surface area contributed by atoms with Gasteiger partial charge in [0, 0.05) is 38.5 Å². The van der Waals surface area contributed by atoms with E-state index in [1.54, 1.807) is 7.11 Å². The number of hydrogen-bond acceptors (Lipinski definition) is 4. The van der Waals surface area contributed by atoms with Gasteiger partial charge < -0.3 is 19.9 Å². The van der Waals surface area contributed by atoms with Gasteiger partial charge in [0.1, 0.15) is 5.75 Å². The van der Waals surface area contributed by atoms with Crippen LogP contribution >= 0.6 is 35.7 Å². The molecular weight excluding hydrogens is 435 g/mol. The summed E-state index contributed by atoms with van der Waals surface area (Å²) >= 11 is 1.83. The van der Waals surface area contributed by atoms with Gasteiger partial charge in [-0.25, -0.2) is 0 Å². The van der Waals surface area contributed by atoms with Gasteiger partial charge in [-0.1, -0.05) is 12.1 Å². The maximum atomic E-state index is 5.48. The van der Waals surface area contributed by atoms with Gasteiger partial charge in [-0.3, -0.25) is 4.99 Å². The SMILES string of the molecule is CCNC(=NCCSC)N1CCN(c2ccccc2OC)CC1.I. The highest BCUT2D eigenvalue weighted by Crippen LogP contribution is 2.28. The standard InChI is InChI=1S/C17H28N4OS.HI/c1-4-18-17(19-9-14-23-3)21-12-10-20(11-13-21)15-7-5-6-8-16(15)22-2;/h5-8H,4,9-14H2,1-3H3,(H,18,19);1H. The van der Waals surface area contributed by atoms with E-state index in [-0.39, 0.29) is 24.0 Å². The maximum Gasteiger partial charge on any atom is 0.194 e. The highest BCUT2D eigenvalue weighted by molar-refractivity contribution is 14.0. The Morgan fingerprint density at radius 1 is 1.25 bits per heavy atom. The first kappa shape index (κ1) is 21.2. The van der Waals surface area contributed by atoms with Gasteiger partial charge in [0.15, 0.2) is 5.96 Å². The Balaban J connectivity index is 0.00000288.